The highest BCUT2D eigenvalue weighted by Gasteiger charge is 2.30. The van der Waals surface area contributed by atoms with E-state index in [2.05, 4.69) is 0 Å². The van der Waals surface area contributed by atoms with Crippen LogP contribution in [0.1, 0.15) is 23.2 Å². The van der Waals surface area contributed by atoms with Crippen molar-refractivity contribution in [1.82, 2.24) is 4.90 Å². The molecule has 1 aliphatic rings. The predicted octanol–water partition coefficient (Wildman–Crippen LogP) is 3.23. The molecule has 1 aromatic carbocycles. The van der Waals surface area contributed by atoms with Crippen molar-refractivity contribution < 1.29 is 4.79 Å². The number of carbonyl (C=O) groups excluding carboxylic acids is 1. The van der Waals surface area contributed by atoms with Crippen molar-refractivity contribution in [2.75, 3.05) is 7.05 Å². The summed E-state index contributed by atoms with van der Waals surface area (Å²) < 4.78 is 0. The average Bonchev–Trinajstić information content (AvgIpc) is 2.99. The van der Waals surface area contributed by atoms with Crippen LogP contribution >= 0.6 is 23.2 Å². The third kappa shape index (κ3) is 2.27. The van der Waals surface area contributed by atoms with E-state index in [0.717, 1.165) is 12.8 Å². The van der Waals surface area contributed by atoms with Crippen molar-refractivity contribution >= 4 is 29.1 Å². The standard InChI is InChI=1S/C11H11Cl2NO/c1-14(8-3-4-8)11(15)9-5-2-7(12)6-10(9)13/h2,5-6,8H,3-4H2,1H3. The normalized spacial score (nSPS) is 15.1. The zero-order valence-electron chi connectivity index (χ0n) is 8.34. The van der Waals surface area contributed by atoms with Gasteiger partial charge in [0.1, 0.15) is 0 Å². The molecule has 0 saturated heterocycles. The van der Waals surface area contributed by atoms with Gasteiger partial charge in [-0.15, -0.1) is 0 Å². The van der Waals surface area contributed by atoms with Crippen molar-refractivity contribution in [3.8, 4) is 0 Å². The van der Waals surface area contributed by atoms with Crippen molar-refractivity contribution in [2.45, 2.75) is 18.9 Å². The number of nitrogens with zero attached hydrogens (tertiary/aromatic N) is 1. The monoisotopic (exact) mass is 243 g/mol. The molecule has 2 nitrogen and oxygen atoms in total. The van der Waals surface area contributed by atoms with Crippen LogP contribution < -0.4 is 0 Å². The lowest BCUT2D eigenvalue weighted by atomic mass is 10.2. The van der Waals surface area contributed by atoms with Gasteiger partial charge in [0.2, 0.25) is 0 Å². The Morgan fingerprint density at radius 2 is 2.07 bits per heavy atom. The first-order chi connectivity index (χ1) is 7.09. The van der Waals surface area contributed by atoms with Crippen LogP contribution in [0.3, 0.4) is 0 Å². The Bertz CT molecular complexity index is 402. The van der Waals surface area contributed by atoms with Crippen molar-refractivity contribution in [3.05, 3.63) is 33.8 Å². The molecule has 0 aliphatic heterocycles. The van der Waals surface area contributed by atoms with E-state index in [1.807, 2.05) is 7.05 Å². The number of rotatable bonds is 2. The van der Waals surface area contributed by atoms with Gasteiger partial charge >= 0.3 is 0 Å². The minimum Gasteiger partial charge on any atom is -0.339 e. The van der Waals surface area contributed by atoms with Gasteiger partial charge in [-0.1, -0.05) is 23.2 Å². The Labute approximate surface area is 98.8 Å². The van der Waals surface area contributed by atoms with Crippen molar-refractivity contribution in [3.63, 3.8) is 0 Å². The summed E-state index contributed by atoms with van der Waals surface area (Å²) in [6.07, 6.45) is 2.18. The lowest BCUT2D eigenvalue weighted by molar-refractivity contribution is 0.0785. The molecule has 0 aromatic heterocycles. The smallest absolute Gasteiger partial charge is 0.255 e. The molecule has 0 N–H and O–H groups in total. The Morgan fingerprint density at radius 3 is 2.60 bits per heavy atom. The molecule has 0 spiro atoms. The Hall–Kier alpha value is -0.730. The zero-order chi connectivity index (χ0) is 11.0. The van der Waals surface area contributed by atoms with E-state index >= 15 is 0 Å². The summed E-state index contributed by atoms with van der Waals surface area (Å²) in [4.78, 5) is 13.7. The van der Waals surface area contributed by atoms with Gasteiger partial charge in [-0.2, -0.15) is 0 Å². The molecule has 0 bridgehead atoms. The molecule has 0 unspecified atom stereocenters. The van der Waals surface area contributed by atoms with Gasteiger partial charge in [0, 0.05) is 18.1 Å². The van der Waals surface area contributed by atoms with Crippen LogP contribution in [0.5, 0.6) is 0 Å². The summed E-state index contributed by atoms with van der Waals surface area (Å²) in [7, 11) is 1.81. The van der Waals surface area contributed by atoms with E-state index in [-0.39, 0.29) is 5.91 Å². The summed E-state index contributed by atoms with van der Waals surface area (Å²) in [5.41, 5.74) is 0.524. The molecule has 1 saturated carbocycles. The van der Waals surface area contributed by atoms with Gasteiger partial charge in [0.25, 0.3) is 5.91 Å². The van der Waals surface area contributed by atoms with E-state index in [0.29, 0.717) is 21.7 Å². The van der Waals surface area contributed by atoms with Crippen LogP contribution in [0.2, 0.25) is 10.0 Å². The van der Waals surface area contributed by atoms with Crippen LogP contribution in [-0.2, 0) is 0 Å². The molecular weight excluding hydrogens is 233 g/mol. The molecule has 0 atom stereocenters. The number of hydrogen-bond acceptors (Lipinski definition) is 1. The Morgan fingerprint density at radius 1 is 1.40 bits per heavy atom. The third-order valence-corrected chi connectivity index (χ3v) is 3.12. The molecule has 0 radical (unpaired) electrons. The maximum atomic E-state index is 12.0. The molecular formula is C11H11Cl2NO. The highest BCUT2D eigenvalue weighted by atomic mass is 35.5. The first kappa shape index (κ1) is 10.8. The first-order valence-corrected chi connectivity index (χ1v) is 5.57. The summed E-state index contributed by atoms with van der Waals surface area (Å²) >= 11 is 11.7. The molecule has 4 heteroatoms. The molecule has 1 aliphatic carbocycles. The maximum Gasteiger partial charge on any atom is 0.255 e. The molecule has 0 heterocycles. The Kier molecular flexibility index (Phi) is 2.89. The highest BCUT2D eigenvalue weighted by molar-refractivity contribution is 6.36. The second-order valence-corrected chi connectivity index (χ2v) is 4.62. The van der Waals surface area contributed by atoms with Gasteiger partial charge in [-0.25, -0.2) is 0 Å². The van der Waals surface area contributed by atoms with Crippen LogP contribution in [0.4, 0.5) is 0 Å². The summed E-state index contributed by atoms with van der Waals surface area (Å²) in [5.74, 6) is -0.0285. The largest absolute Gasteiger partial charge is 0.339 e. The van der Waals surface area contributed by atoms with Gasteiger partial charge < -0.3 is 4.90 Å². The minimum atomic E-state index is -0.0285. The molecule has 1 fully saturated rings. The molecule has 1 aromatic rings. The predicted molar refractivity (Wildman–Crippen MR) is 61.6 cm³/mol. The summed E-state index contributed by atoms with van der Waals surface area (Å²) in [6.45, 7) is 0. The van der Waals surface area contributed by atoms with E-state index in [1.165, 1.54) is 0 Å². The van der Waals surface area contributed by atoms with E-state index in [1.54, 1.807) is 23.1 Å². The quantitative estimate of drug-likeness (QED) is 0.782. The average molecular weight is 244 g/mol. The van der Waals surface area contributed by atoms with Crippen LogP contribution in [0.25, 0.3) is 0 Å². The molecule has 15 heavy (non-hydrogen) atoms. The summed E-state index contributed by atoms with van der Waals surface area (Å²) in [5, 5.41) is 0.964. The van der Waals surface area contributed by atoms with Gasteiger partial charge in [-0.05, 0) is 31.0 Å². The minimum absolute atomic E-state index is 0.0285. The van der Waals surface area contributed by atoms with E-state index in [9.17, 15) is 4.79 Å². The van der Waals surface area contributed by atoms with E-state index < -0.39 is 0 Å². The second-order valence-electron chi connectivity index (χ2n) is 3.77. The second kappa shape index (κ2) is 4.03. The fourth-order valence-electron chi connectivity index (χ4n) is 1.48. The van der Waals surface area contributed by atoms with Crippen LogP contribution in [0, 0.1) is 0 Å². The fourth-order valence-corrected chi connectivity index (χ4v) is 1.97. The molecule has 80 valence electrons. The first-order valence-electron chi connectivity index (χ1n) is 4.82. The van der Waals surface area contributed by atoms with Crippen LogP contribution in [0.15, 0.2) is 18.2 Å². The number of carbonyl (C=O) groups is 1. The molecule has 2 rings (SSSR count). The highest BCUT2D eigenvalue weighted by Crippen LogP contribution is 2.29. The van der Waals surface area contributed by atoms with E-state index in [4.69, 9.17) is 23.2 Å². The fraction of sp³-hybridized carbons (Fsp3) is 0.364. The maximum absolute atomic E-state index is 12.0. The van der Waals surface area contributed by atoms with Crippen molar-refractivity contribution in [1.29, 1.82) is 0 Å². The van der Waals surface area contributed by atoms with Crippen LogP contribution in [-0.4, -0.2) is 23.9 Å². The topological polar surface area (TPSA) is 20.3 Å². The SMILES string of the molecule is CN(C(=O)c1ccc(Cl)cc1Cl)C1CC1. The van der Waals surface area contributed by atoms with Gasteiger partial charge in [0.05, 0.1) is 10.6 Å². The number of halogens is 2. The number of amides is 1. The summed E-state index contributed by atoms with van der Waals surface area (Å²) in [6, 6.07) is 5.34. The number of benzene rings is 1. The lowest BCUT2D eigenvalue weighted by Gasteiger charge is -2.16. The number of hydrogen-bond donors (Lipinski definition) is 0. The zero-order valence-corrected chi connectivity index (χ0v) is 9.85. The lowest BCUT2D eigenvalue weighted by Crippen LogP contribution is -2.28. The Balaban J connectivity index is 2.24. The van der Waals surface area contributed by atoms with Gasteiger partial charge in [-0.3, -0.25) is 4.79 Å². The molecule has 1 amide bonds. The van der Waals surface area contributed by atoms with Gasteiger partial charge in [0.15, 0.2) is 0 Å². The third-order valence-electron chi connectivity index (χ3n) is 2.58. The van der Waals surface area contributed by atoms with Crippen molar-refractivity contribution in [2.24, 2.45) is 0 Å².